The van der Waals surface area contributed by atoms with E-state index in [9.17, 15) is 0 Å². The van der Waals surface area contributed by atoms with Gasteiger partial charge in [0.2, 0.25) is 0 Å². The molecule has 1 rings (SSSR count). The predicted octanol–water partition coefficient (Wildman–Crippen LogP) is 1.73. The van der Waals surface area contributed by atoms with Gasteiger partial charge in [-0.3, -0.25) is 0 Å². The van der Waals surface area contributed by atoms with Crippen molar-refractivity contribution in [2.24, 2.45) is 0 Å². The van der Waals surface area contributed by atoms with Gasteiger partial charge in [0.1, 0.15) is 0 Å². The van der Waals surface area contributed by atoms with Crippen LogP contribution >= 0.6 is 12.2 Å². The lowest BCUT2D eigenvalue weighted by Gasteiger charge is -2.36. The van der Waals surface area contributed by atoms with Crippen LogP contribution in [0.1, 0.15) is 39.0 Å². The summed E-state index contributed by atoms with van der Waals surface area (Å²) in [6.07, 6.45) is 6.36. The molecule has 0 aliphatic heterocycles. The maximum absolute atomic E-state index is 5.25. The molecule has 0 heterocycles. The Hall–Kier alpha value is -0.350. The van der Waals surface area contributed by atoms with Crippen LogP contribution in [0.15, 0.2) is 0 Å². The monoisotopic (exact) mass is 243 g/mol. The van der Waals surface area contributed by atoms with E-state index in [4.69, 9.17) is 12.2 Å². The van der Waals surface area contributed by atoms with E-state index in [-0.39, 0.29) is 0 Å². The minimum Gasteiger partial charge on any atom is -0.363 e. The summed E-state index contributed by atoms with van der Waals surface area (Å²) in [5, 5.41) is 7.38. The Kier molecular flexibility index (Phi) is 5.49. The van der Waals surface area contributed by atoms with Gasteiger partial charge in [0.25, 0.3) is 0 Å². The summed E-state index contributed by atoms with van der Waals surface area (Å²) in [6, 6.07) is 0. The maximum atomic E-state index is 5.25. The van der Waals surface area contributed by atoms with Crippen molar-refractivity contribution in [1.82, 2.24) is 15.5 Å². The van der Waals surface area contributed by atoms with Gasteiger partial charge in [-0.2, -0.15) is 0 Å². The quantitative estimate of drug-likeness (QED) is 0.719. The van der Waals surface area contributed by atoms with Gasteiger partial charge in [0.05, 0.1) is 0 Å². The SMILES string of the molecule is CCCNC(=S)NCC1(N(C)C)CCCC1. The van der Waals surface area contributed by atoms with E-state index in [0.29, 0.717) is 5.54 Å². The molecule has 1 saturated carbocycles. The van der Waals surface area contributed by atoms with Crippen molar-refractivity contribution < 1.29 is 0 Å². The lowest BCUT2D eigenvalue weighted by Crippen LogP contribution is -2.52. The molecule has 0 aromatic carbocycles. The van der Waals surface area contributed by atoms with Crippen molar-refractivity contribution >= 4 is 17.3 Å². The van der Waals surface area contributed by atoms with Crippen LogP contribution in [0.5, 0.6) is 0 Å². The topological polar surface area (TPSA) is 27.3 Å². The molecule has 0 amide bonds. The van der Waals surface area contributed by atoms with Crippen LogP contribution in [-0.2, 0) is 0 Å². The molecule has 1 aliphatic rings. The molecule has 1 fully saturated rings. The zero-order valence-corrected chi connectivity index (χ0v) is 11.6. The van der Waals surface area contributed by atoms with Crippen LogP contribution in [0, 0.1) is 0 Å². The summed E-state index contributed by atoms with van der Waals surface area (Å²) < 4.78 is 0. The number of hydrogen-bond acceptors (Lipinski definition) is 2. The van der Waals surface area contributed by atoms with E-state index < -0.39 is 0 Å². The van der Waals surface area contributed by atoms with Gasteiger partial charge in [-0.05, 0) is 45.6 Å². The fourth-order valence-corrected chi connectivity index (χ4v) is 2.54. The number of nitrogens with zero attached hydrogens (tertiary/aromatic N) is 1. The molecule has 0 saturated heterocycles. The predicted molar refractivity (Wildman–Crippen MR) is 73.8 cm³/mol. The molecule has 0 atom stereocenters. The molecule has 94 valence electrons. The minimum atomic E-state index is 0.317. The van der Waals surface area contributed by atoms with E-state index >= 15 is 0 Å². The molecular formula is C12H25N3S. The molecule has 4 heteroatoms. The molecule has 0 aromatic rings. The largest absolute Gasteiger partial charge is 0.363 e. The third kappa shape index (κ3) is 3.59. The molecule has 0 bridgehead atoms. The van der Waals surface area contributed by atoms with Crippen molar-refractivity contribution in [1.29, 1.82) is 0 Å². The van der Waals surface area contributed by atoms with Gasteiger partial charge in [-0.1, -0.05) is 19.8 Å². The van der Waals surface area contributed by atoms with E-state index in [1.807, 2.05) is 0 Å². The third-order valence-corrected chi connectivity index (χ3v) is 3.89. The first-order valence-corrected chi connectivity index (χ1v) is 6.71. The fourth-order valence-electron chi connectivity index (χ4n) is 2.36. The van der Waals surface area contributed by atoms with Gasteiger partial charge in [-0.25, -0.2) is 0 Å². The van der Waals surface area contributed by atoms with Crippen LogP contribution in [0.2, 0.25) is 0 Å². The molecule has 0 aromatic heterocycles. The van der Waals surface area contributed by atoms with Crippen molar-refractivity contribution in [2.45, 2.75) is 44.6 Å². The smallest absolute Gasteiger partial charge is 0.166 e. The summed E-state index contributed by atoms with van der Waals surface area (Å²) in [5.41, 5.74) is 0.317. The number of hydrogen-bond donors (Lipinski definition) is 2. The molecular weight excluding hydrogens is 218 g/mol. The Balaban J connectivity index is 2.36. The first-order valence-electron chi connectivity index (χ1n) is 6.30. The van der Waals surface area contributed by atoms with Crippen molar-refractivity contribution in [3.63, 3.8) is 0 Å². The lowest BCUT2D eigenvalue weighted by molar-refractivity contribution is 0.161. The van der Waals surface area contributed by atoms with Crippen molar-refractivity contribution in [2.75, 3.05) is 27.2 Å². The first-order chi connectivity index (χ1) is 7.60. The Morgan fingerprint density at radius 3 is 2.38 bits per heavy atom. The van der Waals surface area contributed by atoms with E-state index in [0.717, 1.165) is 24.6 Å². The number of nitrogens with one attached hydrogen (secondary N) is 2. The van der Waals surface area contributed by atoms with Crippen LogP contribution in [0.3, 0.4) is 0 Å². The van der Waals surface area contributed by atoms with Gasteiger partial charge >= 0.3 is 0 Å². The average molecular weight is 243 g/mol. The van der Waals surface area contributed by atoms with E-state index in [2.05, 4.69) is 36.6 Å². The third-order valence-electron chi connectivity index (χ3n) is 3.60. The summed E-state index contributed by atoms with van der Waals surface area (Å²) in [5.74, 6) is 0. The zero-order valence-electron chi connectivity index (χ0n) is 10.8. The fraction of sp³-hybridized carbons (Fsp3) is 0.917. The van der Waals surface area contributed by atoms with Crippen molar-refractivity contribution in [3.8, 4) is 0 Å². The highest BCUT2D eigenvalue weighted by molar-refractivity contribution is 7.80. The normalized spacial score (nSPS) is 18.8. The van der Waals surface area contributed by atoms with E-state index in [1.54, 1.807) is 0 Å². The molecule has 16 heavy (non-hydrogen) atoms. The van der Waals surface area contributed by atoms with Crippen LogP contribution in [0.4, 0.5) is 0 Å². The Morgan fingerprint density at radius 2 is 1.88 bits per heavy atom. The van der Waals surface area contributed by atoms with E-state index in [1.165, 1.54) is 25.7 Å². The highest BCUT2D eigenvalue weighted by Crippen LogP contribution is 2.32. The van der Waals surface area contributed by atoms with Gasteiger partial charge in [0, 0.05) is 18.6 Å². The second-order valence-electron chi connectivity index (χ2n) is 4.94. The van der Waals surface area contributed by atoms with Gasteiger partial charge in [0.15, 0.2) is 5.11 Å². The number of rotatable bonds is 5. The molecule has 0 unspecified atom stereocenters. The van der Waals surface area contributed by atoms with Crippen molar-refractivity contribution in [3.05, 3.63) is 0 Å². The zero-order chi connectivity index (χ0) is 12.0. The average Bonchev–Trinajstić information content (AvgIpc) is 2.73. The molecule has 1 aliphatic carbocycles. The van der Waals surface area contributed by atoms with Gasteiger partial charge < -0.3 is 15.5 Å². The summed E-state index contributed by atoms with van der Waals surface area (Å²) in [7, 11) is 4.35. The number of likely N-dealkylation sites (N-methyl/N-ethyl adjacent to an activating group) is 1. The molecule has 2 N–H and O–H groups in total. The molecule has 3 nitrogen and oxygen atoms in total. The van der Waals surface area contributed by atoms with Crippen LogP contribution in [-0.4, -0.2) is 42.7 Å². The van der Waals surface area contributed by atoms with Crippen LogP contribution in [0.25, 0.3) is 0 Å². The first kappa shape index (κ1) is 13.7. The Bertz CT molecular complexity index is 222. The molecule has 0 radical (unpaired) electrons. The standard InChI is InChI=1S/C12H25N3S/c1-4-9-13-11(16)14-10-12(15(2)3)7-5-6-8-12/h4-10H2,1-3H3,(H2,13,14,16). The summed E-state index contributed by atoms with van der Waals surface area (Å²) in [6.45, 7) is 4.07. The van der Waals surface area contributed by atoms with Gasteiger partial charge in [-0.15, -0.1) is 0 Å². The second kappa shape index (κ2) is 6.40. The summed E-state index contributed by atoms with van der Waals surface area (Å²) >= 11 is 5.25. The van der Waals surface area contributed by atoms with Crippen LogP contribution < -0.4 is 10.6 Å². The Morgan fingerprint density at radius 1 is 1.25 bits per heavy atom. The number of thiocarbonyl (C=S) groups is 1. The highest BCUT2D eigenvalue weighted by atomic mass is 32.1. The molecule has 0 spiro atoms. The second-order valence-corrected chi connectivity index (χ2v) is 5.34. The maximum Gasteiger partial charge on any atom is 0.166 e. The minimum absolute atomic E-state index is 0.317. The highest BCUT2D eigenvalue weighted by Gasteiger charge is 2.35. The Labute approximate surface area is 105 Å². The lowest BCUT2D eigenvalue weighted by atomic mass is 9.96. The summed E-state index contributed by atoms with van der Waals surface area (Å²) in [4.78, 5) is 2.36.